The van der Waals surface area contributed by atoms with E-state index >= 15 is 0 Å². The fourth-order valence-electron chi connectivity index (χ4n) is 1.90. The van der Waals surface area contributed by atoms with E-state index in [1.54, 1.807) is 0 Å². The maximum atomic E-state index is 11.7. The van der Waals surface area contributed by atoms with Crippen molar-refractivity contribution < 1.29 is 4.79 Å². The normalized spacial score (nSPS) is 27.8. The number of nitrogens with two attached hydrogens (primary N) is 1. The van der Waals surface area contributed by atoms with Gasteiger partial charge in [-0.05, 0) is 31.2 Å². The van der Waals surface area contributed by atoms with E-state index in [1.165, 1.54) is 0 Å². The zero-order chi connectivity index (χ0) is 10.6. The molecule has 0 radical (unpaired) electrons. The van der Waals surface area contributed by atoms with E-state index in [0.717, 1.165) is 31.8 Å². The fourth-order valence-corrected chi connectivity index (χ4v) is 1.90. The summed E-state index contributed by atoms with van der Waals surface area (Å²) in [5.41, 5.74) is 5.38. The number of rotatable bonds is 3. The van der Waals surface area contributed by atoms with Crippen molar-refractivity contribution in [1.82, 2.24) is 4.90 Å². The van der Waals surface area contributed by atoms with Gasteiger partial charge < -0.3 is 10.6 Å². The molecule has 2 atom stereocenters. The summed E-state index contributed by atoms with van der Waals surface area (Å²) >= 11 is 0. The van der Waals surface area contributed by atoms with Gasteiger partial charge in [-0.15, -0.1) is 0 Å². The van der Waals surface area contributed by atoms with Gasteiger partial charge in [0.25, 0.3) is 0 Å². The number of likely N-dealkylation sites (tertiary alicyclic amines) is 1. The highest BCUT2D eigenvalue weighted by atomic mass is 16.2. The third-order valence-electron chi connectivity index (χ3n) is 3.28. The van der Waals surface area contributed by atoms with Gasteiger partial charge in [-0.2, -0.15) is 0 Å². The summed E-state index contributed by atoms with van der Waals surface area (Å²) in [5, 5.41) is 0. The average molecular weight is 198 g/mol. The van der Waals surface area contributed by atoms with Crippen LogP contribution in [0.1, 0.15) is 33.1 Å². The molecule has 0 aromatic rings. The number of piperidine rings is 1. The van der Waals surface area contributed by atoms with Crippen LogP contribution in [0.25, 0.3) is 0 Å². The lowest BCUT2D eigenvalue weighted by Gasteiger charge is -2.35. The molecule has 82 valence electrons. The number of carbonyl (C=O) groups excluding carboxylic acids is 1. The SMILES string of the molecule is CC1CCN(C(=O)CCCN)CC1C. The van der Waals surface area contributed by atoms with Crippen LogP contribution < -0.4 is 5.73 Å². The number of hydrogen-bond donors (Lipinski definition) is 1. The monoisotopic (exact) mass is 198 g/mol. The molecule has 0 spiro atoms. The van der Waals surface area contributed by atoms with Crippen LogP contribution in [0.5, 0.6) is 0 Å². The summed E-state index contributed by atoms with van der Waals surface area (Å²) in [7, 11) is 0. The van der Waals surface area contributed by atoms with E-state index in [9.17, 15) is 4.79 Å². The van der Waals surface area contributed by atoms with Crippen molar-refractivity contribution in [2.75, 3.05) is 19.6 Å². The summed E-state index contributed by atoms with van der Waals surface area (Å²) in [4.78, 5) is 13.7. The van der Waals surface area contributed by atoms with Gasteiger partial charge in [0.1, 0.15) is 0 Å². The van der Waals surface area contributed by atoms with Gasteiger partial charge in [0, 0.05) is 19.5 Å². The summed E-state index contributed by atoms with van der Waals surface area (Å²) in [5.74, 6) is 1.69. The molecule has 1 amide bonds. The second kappa shape index (κ2) is 5.35. The zero-order valence-electron chi connectivity index (χ0n) is 9.33. The molecule has 1 aliphatic heterocycles. The van der Waals surface area contributed by atoms with E-state index in [4.69, 9.17) is 5.73 Å². The van der Waals surface area contributed by atoms with Gasteiger partial charge >= 0.3 is 0 Å². The molecule has 0 aromatic heterocycles. The third kappa shape index (κ3) is 2.98. The van der Waals surface area contributed by atoms with E-state index in [0.29, 0.717) is 18.9 Å². The molecule has 3 heteroatoms. The van der Waals surface area contributed by atoms with Crippen molar-refractivity contribution in [1.29, 1.82) is 0 Å². The summed E-state index contributed by atoms with van der Waals surface area (Å²) in [6.45, 7) is 6.99. The van der Waals surface area contributed by atoms with Crippen molar-refractivity contribution in [2.45, 2.75) is 33.1 Å². The first kappa shape index (κ1) is 11.5. The lowest BCUT2D eigenvalue weighted by Crippen LogP contribution is -2.42. The first-order valence-electron chi connectivity index (χ1n) is 5.63. The topological polar surface area (TPSA) is 46.3 Å². The van der Waals surface area contributed by atoms with E-state index in [1.807, 2.05) is 4.90 Å². The van der Waals surface area contributed by atoms with E-state index < -0.39 is 0 Å². The van der Waals surface area contributed by atoms with Crippen molar-refractivity contribution in [3.8, 4) is 0 Å². The maximum absolute atomic E-state index is 11.7. The van der Waals surface area contributed by atoms with Gasteiger partial charge in [-0.25, -0.2) is 0 Å². The minimum atomic E-state index is 0.286. The highest BCUT2D eigenvalue weighted by Gasteiger charge is 2.25. The average Bonchev–Trinajstić information content (AvgIpc) is 2.18. The molecule has 2 N–H and O–H groups in total. The predicted molar refractivity (Wildman–Crippen MR) is 57.8 cm³/mol. The van der Waals surface area contributed by atoms with Crippen LogP contribution in [-0.2, 0) is 4.79 Å². The van der Waals surface area contributed by atoms with E-state index in [-0.39, 0.29) is 5.91 Å². The standard InChI is InChI=1S/C11H22N2O/c1-9-5-7-13(8-10(9)2)11(14)4-3-6-12/h9-10H,3-8,12H2,1-2H3. The number of hydrogen-bond acceptors (Lipinski definition) is 2. The summed E-state index contributed by atoms with van der Waals surface area (Å²) in [6.07, 6.45) is 2.59. The second-order valence-corrected chi connectivity index (χ2v) is 4.48. The number of amides is 1. The fraction of sp³-hybridized carbons (Fsp3) is 0.909. The molecule has 3 nitrogen and oxygen atoms in total. The number of carbonyl (C=O) groups is 1. The first-order valence-corrected chi connectivity index (χ1v) is 5.63. The molecular weight excluding hydrogens is 176 g/mol. The third-order valence-corrected chi connectivity index (χ3v) is 3.28. The van der Waals surface area contributed by atoms with Crippen LogP contribution in [-0.4, -0.2) is 30.4 Å². The molecule has 1 saturated heterocycles. The van der Waals surface area contributed by atoms with E-state index in [2.05, 4.69) is 13.8 Å². The minimum absolute atomic E-state index is 0.286. The highest BCUT2D eigenvalue weighted by molar-refractivity contribution is 5.76. The zero-order valence-corrected chi connectivity index (χ0v) is 9.33. The molecule has 0 saturated carbocycles. The van der Waals surface area contributed by atoms with Gasteiger partial charge in [-0.1, -0.05) is 13.8 Å². The van der Waals surface area contributed by atoms with Crippen LogP contribution in [0.3, 0.4) is 0 Å². The summed E-state index contributed by atoms with van der Waals surface area (Å²) < 4.78 is 0. The predicted octanol–water partition coefficient (Wildman–Crippen LogP) is 1.23. The maximum Gasteiger partial charge on any atom is 0.222 e. The van der Waals surface area contributed by atoms with Gasteiger partial charge in [0.05, 0.1) is 0 Å². The Kier molecular flexibility index (Phi) is 4.39. The van der Waals surface area contributed by atoms with Crippen molar-refractivity contribution >= 4 is 5.91 Å². The Balaban J connectivity index is 2.34. The van der Waals surface area contributed by atoms with Crippen molar-refractivity contribution in [3.05, 3.63) is 0 Å². The van der Waals surface area contributed by atoms with Gasteiger partial charge in [-0.3, -0.25) is 4.79 Å². The highest BCUT2D eigenvalue weighted by Crippen LogP contribution is 2.22. The second-order valence-electron chi connectivity index (χ2n) is 4.48. The van der Waals surface area contributed by atoms with Gasteiger partial charge in [0.15, 0.2) is 0 Å². The van der Waals surface area contributed by atoms with Crippen LogP contribution >= 0.6 is 0 Å². The molecule has 2 unspecified atom stereocenters. The number of nitrogens with zero attached hydrogens (tertiary/aromatic N) is 1. The molecule has 1 heterocycles. The summed E-state index contributed by atoms with van der Waals surface area (Å²) in [6, 6.07) is 0. The van der Waals surface area contributed by atoms with Crippen LogP contribution in [0.4, 0.5) is 0 Å². The van der Waals surface area contributed by atoms with Gasteiger partial charge in [0.2, 0.25) is 5.91 Å². The van der Waals surface area contributed by atoms with Crippen molar-refractivity contribution in [2.24, 2.45) is 17.6 Å². The molecular formula is C11H22N2O. The van der Waals surface area contributed by atoms with Crippen LogP contribution in [0.15, 0.2) is 0 Å². The molecule has 0 bridgehead atoms. The lowest BCUT2D eigenvalue weighted by atomic mass is 9.88. The Hall–Kier alpha value is -0.570. The quantitative estimate of drug-likeness (QED) is 0.741. The Morgan fingerprint density at radius 3 is 2.71 bits per heavy atom. The molecule has 14 heavy (non-hydrogen) atoms. The molecule has 1 rings (SSSR count). The smallest absolute Gasteiger partial charge is 0.222 e. The Bertz CT molecular complexity index is 194. The minimum Gasteiger partial charge on any atom is -0.342 e. The largest absolute Gasteiger partial charge is 0.342 e. The molecule has 0 aromatic carbocycles. The Morgan fingerprint density at radius 1 is 1.43 bits per heavy atom. The Morgan fingerprint density at radius 2 is 2.14 bits per heavy atom. The van der Waals surface area contributed by atoms with Crippen LogP contribution in [0.2, 0.25) is 0 Å². The molecule has 1 aliphatic rings. The van der Waals surface area contributed by atoms with Crippen molar-refractivity contribution in [3.63, 3.8) is 0 Å². The molecule has 1 fully saturated rings. The molecule has 0 aliphatic carbocycles. The first-order chi connectivity index (χ1) is 6.65. The van der Waals surface area contributed by atoms with Crippen LogP contribution in [0, 0.1) is 11.8 Å². The Labute approximate surface area is 86.6 Å². The lowest BCUT2D eigenvalue weighted by molar-refractivity contribution is -0.133.